The molecule has 0 unspecified atom stereocenters. The molecule has 2 rings (SSSR count). The first-order valence-electron chi connectivity index (χ1n) is 4.14. The number of amides is 1. The number of rotatable bonds is 2. The summed E-state index contributed by atoms with van der Waals surface area (Å²) in [6, 6.07) is -1.17. The highest BCUT2D eigenvalue weighted by Crippen LogP contribution is 2.35. The van der Waals surface area contributed by atoms with Crippen LogP contribution in [0.4, 0.5) is 0 Å². The molecule has 2 fully saturated rings. The normalized spacial score (nSPS) is 32.5. The monoisotopic (exact) mass is 198 g/mol. The fourth-order valence-electron chi connectivity index (χ4n) is 1.65. The summed E-state index contributed by atoms with van der Waals surface area (Å²) in [7, 11) is 0. The van der Waals surface area contributed by atoms with E-state index in [2.05, 4.69) is 0 Å². The molecule has 1 N–H and O–H groups in total. The standard InChI is InChI=1S/C8H9NO5/c10-2-1-4-7(8(12)13)9-5(11)3-6(9)14-4/h1,6-7,10H,2-3H2,(H,12,13)/p-1/b4-1+/t6-,7+/m1/s1. The van der Waals surface area contributed by atoms with Crippen molar-refractivity contribution >= 4 is 11.9 Å². The molecule has 14 heavy (non-hydrogen) atoms. The minimum atomic E-state index is -1.39. The summed E-state index contributed by atoms with van der Waals surface area (Å²) in [5, 5.41) is 19.3. The molecule has 0 aromatic carbocycles. The Morgan fingerprint density at radius 1 is 1.79 bits per heavy atom. The molecule has 0 aromatic heterocycles. The number of fused-ring (bicyclic) bond motifs is 1. The number of carbonyl (C=O) groups excluding carboxylic acids is 2. The molecule has 0 aliphatic carbocycles. The highest BCUT2D eigenvalue weighted by Gasteiger charge is 2.50. The zero-order valence-electron chi connectivity index (χ0n) is 7.17. The van der Waals surface area contributed by atoms with Gasteiger partial charge in [0.05, 0.1) is 19.0 Å². The molecule has 1 amide bonds. The number of aliphatic hydroxyl groups is 1. The lowest BCUT2D eigenvalue weighted by molar-refractivity contribution is -0.310. The highest BCUT2D eigenvalue weighted by atomic mass is 16.5. The lowest BCUT2D eigenvalue weighted by Gasteiger charge is -2.35. The van der Waals surface area contributed by atoms with E-state index in [1.165, 1.54) is 6.08 Å². The van der Waals surface area contributed by atoms with Gasteiger partial charge < -0.3 is 19.7 Å². The number of nitrogens with zero attached hydrogens (tertiary/aromatic N) is 1. The van der Waals surface area contributed by atoms with E-state index in [0.717, 1.165) is 4.90 Å². The van der Waals surface area contributed by atoms with Crippen molar-refractivity contribution in [2.24, 2.45) is 0 Å². The van der Waals surface area contributed by atoms with Crippen LogP contribution < -0.4 is 5.11 Å². The fourth-order valence-corrected chi connectivity index (χ4v) is 1.65. The van der Waals surface area contributed by atoms with Gasteiger partial charge >= 0.3 is 0 Å². The van der Waals surface area contributed by atoms with E-state index in [0.29, 0.717) is 0 Å². The summed E-state index contributed by atoms with van der Waals surface area (Å²) in [5.74, 6) is -1.57. The van der Waals surface area contributed by atoms with E-state index in [1.54, 1.807) is 0 Å². The number of carboxylic acids is 1. The van der Waals surface area contributed by atoms with Gasteiger partial charge in [-0.1, -0.05) is 0 Å². The molecule has 0 saturated carbocycles. The maximum atomic E-state index is 11.0. The van der Waals surface area contributed by atoms with Crippen molar-refractivity contribution in [1.29, 1.82) is 0 Å². The topological polar surface area (TPSA) is 89.9 Å². The summed E-state index contributed by atoms with van der Waals surface area (Å²) in [5.41, 5.74) is 0. The highest BCUT2D eigenvalue weighted by molar-refractivity contribution is 5.90. The molecule has 2 heterocycles. The lowest BCUT2D eigenvalue weighted by atomic mass is 10.1. The summed E-state index contributed by atoms with van der Waals surface area (Å²) in [6.45, 7) is -0.326. The molecule has 0 aromatic rings. The third-order valence-corrected chi connectivity index (χ3v) is 2.28. The van der Waals surface area contributed by atoms with Gasteiger partial charge in [-0.3, -0.25) is 9.69 Å². The van der Waals surface area contributed by atoms with E-state index in [1.807, 2.05) is 0 Å². The average molecular weight is 198 g/mol. The minimum Gasteiger partial charge on any atom is -0.547 e. The number of hydrogen-bond acceptors (Lipinski definition) is 5. The van der Waals surface area contributed by atoms with Gasteiger partial charge in [-0.15, -0.1) is 0 Å². The van der Waals surface area contributed by atoms with Crippen molar-refractivity contribution in [1.82, 2.24) is 4.90 Å². The van der Waals surface area contributed by atoms with Crippen LogP contribution in [0.2, 0.25) is 0 Å². The molecule has 6 nitrogen and oxygen atoms in total. The average Bonchev–Trinajstić information content (AvgIpc) is 2.39. The van der Waals surface area contributed by atoms with Gasteiger partial charge in [-0.05, 0) is 6.08 Å². The second-order valence-corrected chi connectivity index (χ2v) is 3.09. The smallest absolute Gasteiger partial charge is 0.232 e. The van der Waals surface area contributed by atoms with Crippen LogP contribution in [-0.2, 0) is 14.3 Å². The molecule has 0 spiro atoms. The molecule has 2 aliphatic heterocycles. The maximum Gasteiger partial charge on any atom is 0.232 e. The molecule has 2 saturated heterocycles. The van der Waals surface area contributed by atoms with Crippen molar-refractivity contribution < 1.29 is 24.5 Å². The molecule has 2 aliphatic rings. The number of β-lactam (4-membered cyclic amide) rings is 1. The first kappa shape index (κ1) is 9.01. The van der Waals surface area contributed by atoms with Crippen molar-refractivity contribution in [2.75, 3.05) is 6.61 Å². The predicted molar refractivity (Wildman–Crippen MR) is 40.3 cm³/mol. The van der Waals surface area contributed by atoms with Crippen molar-refractivity contribution in [3.8, 4) is 0 Å². The van der Waals surface area contributed by atoms with Crippen LogP contribution >= 0.6 is 0 Å². The summed E-state index contributed by atoms with van der Waals surface area (Å²) < 4.78 is 5.13. The predicted octanol–water partition coefficient (Wildman–Crippen LogP) is -2.43. The first-order chi connectivity index (χ1) is 6.65. The number of carboxylic acid groups (broad SMARTS) is 1. The third kappa shape index (κ3) is 1.07. The molecular formula is C8H8NO5-. The molecule has 0 radical (unpaired) electrons. The zero-order chi connectivity index (χ0) is 10.3. The fraction of sp³-hybridized carbons (Fsp3) is 0.500. The Morgan fingerprint density at radius 2 is 2.50 bits per heavy atom. The van der Waals surface area contributed by atoms with Crippen LogP contribution in [0, 0.1) is 0 Å². The molecule has 2 atom stereocenters. The van der Waals surface area contributed by atoms with Crippen LogP contribution in [0.1, 0.15) is 6.42 Å². The first-order valence-corrected chi connectivity index (χ1v) is 4.14. The quantitative estimate of drug-likeness (QED) is 0.498. The number of aliphatic hydroxyl groups excluding tert-OH is 1. The van der Waals surface area contributed by atoms with E-state index in [-0.39, 0.29) is 24.7 Å². The van der Waals surface area contributed by atoms with E-state index in [4.69, 9.17) is 9.84 Å². The summed E-state index contributed by atoms with van der Waals surface area (Å²) in [6.07, 6.45) is 0.918. The molecule has 6 heteroatoms. The Labute approximate surface area is 79.4 Å². The Hall–Kier alpha value is -1.56. The van der Waals surface area contributed by atoms with Crippen LogP contribution in [0.25, 0.3) is 0 Å². The maximum absolute atomic E-state index is 11.0. The Balaban J connectivity index is 2.26. The van der Waals surface area contributed by atoms with Crippen LogP contribution in [0.5, 0.6) is 0 Å². The van der Waals surface area contributed by atoms with Crippen molar-refractivity contribution in [3.63, 3.8) is 0 Å². The van der Waals surface area contributed by atoms with Gasteiger partial charge in [0.2, 0.25) is 5.91 Å². The van der Waals surface area contributed by atoms with Gasteiger partial charge in [-0.2, -0.15) is 0 Å². The van der Waals surface area contributed by atoms with Crippen LogP contribution in [0.15, 0.2) is 11.8 Å². The Morgan fingerprint density at radius 3 is 3.00 bits per heavy atom. The van der Waals surface area contributed by atoms with E-state index < -0.39 is 18.2 Å². The Kier molecular flexibility index (Phi) is 1.92. The minimum absolute atomic E-state index is 0.0864. The van der Waals surface area contributed by atoms with Gasteiger partial charge in [-0.25, -0.2) is 0 Å². The summed E-state index contributed by atoms with van der Waals surface area (Å²) >= 11 is 0. The second kappa shape index (κ2) is 2.98. The molecule has 76 valence electrons. The number of hydrogen-bond donors (Lipinski definition) is 1. The lowest BCUT2D eigenvalue weighted by Crippen LogP contribution is -2.57. The third-order valence-electron chi connectivity index (χ3n) is 2.28. The SMILES string of the molecule is O=C([O-])[C@@H]1/C(=C\CO)O[C@@H]2CC(=O)N12. The summed E-state index contributed by atoms with van der Waals surface area (Å²) in [4.78, 5) is 22.9. The van der Waals surface area contributed by atoms with Gasteiger partial charge in [0.25, 0.3) is 0 Å². The van der Waals surface area contributed by atoms with Crippen LogP contribution in [-0.4, -0.2) is 40.8 Å². The van der Waals surface area contributed by atoms with Crippen molar-refractivity contribution in [2.45, 2.75) is 18.7 Å². The van der Waals surface area contributed by atoms with E-state index >= 15 is 0 Å². The number of carbonyl (C=O) groups is 2. The largest absolute Gasteiger partial charge is 0.547 e. The number of aliphatic carboxylic acids is 1. The van der Waals surface area contributed by atoms with Gasteiger partial charge in [0.1, 0.15) is 11.8 Å². The van der Waals surface area contributed by atoms with Gasteiger partial charge in [0.15, 0.2) is 6.23 Å². The molecule has 0 bridgehead atoms. The zero-order valence-corrected chi connectivity index (χ0v) is 7.17. The van der Waals surface area contributed by atoms with Crippen molar-refractivity contribution in [3.05, 3.63) is 11.8 Å². The molecular weight excluding hydrogens is 190 g/mol. The second-order valence-electron chi connectivity index (χ2n) is 3.09. The van der Waals surface area contributed by atoms with Gasteiger partial charge in [0, 0.05) is 0 Å². The Bertz CT molecular complexity index is 324. The van der Waals surface area contributed by atoms with E-state index in [9.17, 15) is 14.7 Å². The number of ether oxygens (including phenoxy) is 1. The van der Waals surface area contributed by atoms with Crippen LogP contribution in [0.3, 0.4) is 0 Å².